The van der Waals surface area contributed by atoms with Crippen LogP contribution in [0.15, 0.2) is 0 Å². The number of carbonyl (C=O) groups is 1. The van der Waals surface area contributed by atoms with Crippen molar-refractivity contribution in [1.82, 2.24) is 4.90 Å². The second-order valence-electron chi connectivity index (χ2n) is 7.51. The van der Waals surface area contributed by atoms with E-state index in [9.17, 15) is 9.90 Å². The summed E-state index contributed by atoms with van der Waals surface area (Å²) in [6.45, 7) is 8.40. The predicted octanol–water partition coefficient (Wildman–Crippen LogP) is 1.23. The van der Waals surface area contributed by atoms with Crippen molar-refractivity contribution in [3.05, 3.63) is 0 Å². The van der Waals surface area contributed by atoms with Gasteiger partial charge in [-0.25, -0.2) is 0 Å². The molecule has 1 aliphatic heterocycles. The number of rotatable bonds is 3. The molecule has 0 bridgehead atoms. The van der Waals surface area contributed by atoms with Crippen LogP contribution < -0.4 is 5.73 Å². The summed E-state index contributed by atoms with van der Waals surface area (Å²) in [5.74, 6) is 0.930. The molecule has 4 heteroatoms. The molecule has 1 saturated carbocycles. The maximum absolute atomic E-state index is 12.6. The van der Waals surface area contributed by atoms with Gasteiger partial charge in [0.15, 0.2) is 0 Å². The van der Waals surface area contributed by atoms with Gasteiger partial charge in [0.05, 0.1) is 12.0 Å². The summed E-state index contributed by atoms with van der Waals surface area (Å²) < 4.78 is 0. The number of fused-ring (bicyclic) bond motifs is 1. The lowest BCUT2D eigenvalue weighted by Gasteiger charge is -2.28. The van der Waals surface area contributed by atoms with Crippen LogP contribution in [0, 0.1) is 23.2 Å². The van der Waals surface area contributed by atoms with E-state index in [1.54, 1.807) is 0 Å². The maximum atomic E-state index is 12.6. The molecule has 2 rings (SSSR count). The number of hydrogen-bond donors (Lipinski definition) is 2. The third kappa shape index (κ3) is 3.29. The van der Waals surface area contributed by atoms with Crippen LogP contribution in [0.1, 0.15) is 40.0 Å². The van der Waals surface area contributed by atoms with E-state index in [1.807, 2.05) is 4.90 Å². The molecule has 1 heterocycles. The molecule has 110 valence electrons. The van der Waals surface area contributed by atoms with Gasteiger partial charge in [-0.3, -0.25) is 4.79 Å². The van der Waals surface area contributed by atoms with E-state index < -0.39 is 0 Å². The molecule has 0 aromatic rings. The van der Waals surface area contributed by atoms with Gasteiger partial charge in [0.1, 0.15) is 0 Å². The second kappa shape index (κ2) is 5.41. The summed E-state index contributed by atoms with van der Waals surface area (Å²) in [7, 11) is 0. The van der Waals surface area contributed by atoms with Crippen molar-refractivity contribution >= 4 is 5.91 Å². The molecule has 3 N–H and O–H groups in total. The highest BCUT2D eigenvalue weighted by molar-refractivity contribution is 5.79. The lowest BCUT2D eigenvalue weighted by Crippen LogP contribution is -2.40. The molecule has 1 amide bonds. The first kappa shape index (κ1) is 14.8. The Labute approximate surface area is 116 Å². The van der Waals surface area contributed by atoms with Crippen molar-refractivity contribution in [2.75, 3.05) is 19.6 Å². The van der Waals surface area contributed by atoms with Gasteiger partial charge in [-0.05, 0) is 30.6 Å². The molecule has 0 aromatic heterocycles. The largest absolute Gasteiger partial charge is 0.393 e. The first-order chi connectivity index (χ1) is 8.81. The third-order valence-corrected chi connectivity index (χ3v) is 4.62. The molecule has 0 spiro atoms. The monoisotopic (exact) mass is 268 g/mol. The maximum Gasteiger partial charge on any atom is 0.226 e. The van der Waals surface area contributed by atoms with Gasteiger partial charge in [0.2, 0.25) is 5.91 Å². The topological polar surface area (TPSA) is 66.6 Å². The van der Waals surface area contributed by atoms with Crippen molar-refractivity contribution in [2.45, 2.75) is 46.1 Å². The Bertz CT molecular complexity index is 338. The third-order valence-electron chi connectivity index (χ3n) is 4.62. The zero-order valence-corrected chi connectivity index (χ0v) is 12.4. The summed E-state index contributed by atoms with van der Waals surface area (Å²) >= 11 is 0. The summed E-state index contributed by atoms with van der Waals surface area (Å²) in [5, 5.41) is 9.92. The molecule has 1 saturated heterocycles. The first-order valence-corrected chi connectivity index (χ1v) is 7.49. The summed E-state index contributed by atoms with van der Waals surface area (Å²) in [5.41, 5.74) is 5.91. The molecule has 4 unspecified atom stereocenters. The Balaban J connectivity index is 1.96. The van der Waals surface area contributed by atoms with Crippen LogP contribution in [0.3, 0.4) is 0 Å². The number of aliphatic hydroxyl groups excluding tert-OH is 1. The first-order valence-electron chi connectivity index (χ1n) is 7.49. The molecule has 19 heavy (non-hydrogen) atoms. The molecular weight excluding hydrogens is 240 g/mol. The zero-order chi connectivity index (χ0) is 14.2. The Morgan fingerprint density at radius 2 is 2.05 bits per heavy atom. The Morgan fingerprint density at radius 1 is 1.37 bits per heavy atom. The average Bonchev–Trinajstić information content (AvgIpc) is 2.87. The normalized spacial score (nSPS) is 32.5. The van der Waals surface area contributed by atoms with Gasteiger partial charge in [-0.15, -0.1) is 0 Å². The van der Waals surface area contributed by atoms with Crippen molar-refractivity contribution in [1.29, 1.82) is 0 Å². The number of nitrogens with two attached hydrogens (primary N) is 1. The SMILES string of the molecule is CC(C)(C)CC(CN)C(=O)N1CC2CCC(O)C2C1. The van der Waals surface area contributed by atoms with Gasteiger partial charge >= 0.3 is 0 Å². The second-order valence-corrected chi connectivity index (χ2v) is 7.51. The van der Waals surface area contributed by atoms with Crippen LogP contribution in [0.25, 0.3) is 0 Å². The minimum Gasteiger partial charge on any atom is -0.393 e. The molecule has 1 aliphatic carbocycles. The van der Waals surface area contributed by atoms with Crippen LogP contribution in [-0.4, -0.2) is 41.7 Å². The lowest BCUT2D eigenvalue weighted by molar-refractivity contribution is -0.135. The number of aliphatic hydroxyl groups is 1. The molecular formula is C15H28N2O2. The number of carbonyl (C=O) groups excluding carboxylic acids is 1. The molecule has 2 fully saturated rings. The van der Waals surface area contributed by atoms with Gasteiger partial charge in [-0.1, -0.05) is 20.8 Å². The van der Waals surface area contributed by atoms with E-state index >= 15 is 0 Å². The number of likely N-dealkylation sites (tertiary alicyclic amines) is 1. The van der Waals surface area contributed by atoms with E-state index in [2.05, 4.69) is 20.8 Å². The van der Waals surface area contributed by atoms with Gasteiger partial charge in [-0.2, -0.15) is 0 Å². The number of nitrogens with zero attached hydrogens (tertiary/aromatic N) is 1. The van der Waals surface area contributed by atoms with Crippen LogP contribution in [0.5, 0.6) is 0 Å². The quantitative estimate of drug-likeness (QED) is 0.809. The fraction of sp³-hybridized carbons (Fsp3) is 0.933. The summed E-state index contributed by atoms with van der Waals surface area (Å²) in [6.07, 6.45) is 2.58. The Morgan fingerprint density at radius 3 is 2.58 bits per heavy atom. The van der Waals surface area contributed by atoms with Gasteiger partial charge in [0.25, 0.3) is 0 Å². The fourth-order valence-corrected chi connectivity index (χ4v) is 3.69. The lowest BCUT2D eigenvalue weighted by atomic mass is 9.84. The molecule has 4 nitrogen and oxygen atoms in total. The van der Waals surface area contributed by atoms with E-state index in [1.165, 1.54) is 0 Å². The summed E-state index contributed by atoms with van der Waals surface area (Å²) in [4.78, 5) is 14.5. The van der Waals surface area contributed by atoms with Crippen LogP contribution >= 0.6 is 0 Å². The highest BCUT2D eigenvalue weighted by Crippen LogP contribution is 2.39. The van der Waals surface area contributed by atoms with E-state index in [0.717, 1.165) is 32.4 Å². The Hall–Kier alpha value is -0.610. The van der Waals surface area contributed by atoms with Crippen molar-refractivity contribution in [3.63, 3.8) is 0 Å². The van der Waals surface area contributed by atoms with Crippen LogP contribution in [0.4, 0.5) is 0 Å². The van der Waals surface area contributed by atoms with Crippen molar-refractivity contribution in [2.24, 2.45) is 28.9 Å². The van der Waals surface area contributed by atoms with Crippen molar-refractivity contribution < 1.29 is 9.90 Å². The zero-order valence-electron chi connectivity index (χ0n) is 12.4. The fourth-order valence-electron chi connectivity index (χ4n) is 3.69. The standard InChI is InChI=1S/C15H28N2O2/c1-15(2,3)6-11(7-16)14(19)17-8-10-4-5-13(18)12(10)9-17/h10-13,18H,4-9,16H2,1-3H3. The average molecular weight is 268 g/mol. The van der Waals surface area contributed by atoms with Crippen molar-refractivity contribution in [3.8, 4) is 0 Å². The van der Waals surface area contributed by atoms with E-state index in [4.69, 9.17) is 5.73 Å². The molecule has 2 aliphatic rings. The molecule has 0 aromatic carbocycles. The predicted molar refractivity (Wildman–Crippen MR) is 75.4 cm³/mol. The van der Waals surface area contributed by atoms with Gasteiger partial charge < -0.3 is 15.7 Å². The number of amides is 1. The molecule has 0 radical (unpaired) electrons. The van der Waals surface area contributed by atoms with Crippen LogP contribution in [-0.2, 0) is 4.79 Å². The van der Waals surface area contributed by atoms with Gasteiger partial charge in [0, 0.05) is 25.6 Å². The summed E-state index contributed by atoms with van der Waals surface area (Å²) in [6, 6.07) is 0. The highest BCUT2D eigenvalue weighted by atomic mass is 16.3. The minimum atomic E-state index is -0.207. The smallest absolute Gasteiger partial charge is 0.226 e. The van der Waals surface area contributed by atoms with Crippen LogP contribution in [0.2, 0.25) is 0 Å². The molecule has 4 atom stereocenters. The Kier molecular flexibility index (Phi) is 4.21. The van der Waals surface area contributed by atoms with E-state index in [-0.39, 0.29) is 23.3 Å². The number of hydrogen-bond acceptors (Lipinski definition) is 3. The minimum absolute atomic E-state index is 0.0732. The van der Waals surface area contributed by atoms with E-state index in [0.29, 0.717) is 18.4 Å². The highest BCUT2D eigenvalue weighted by Gasteiger charge is 2.44.